The van der Waals surface area contributed by atoms with Gasteiger partial charge in [0.25, 0.3) is 5.91 Å². The Morgan fingerprint density at radius 2 is 2.03 bits per heavy atom. The van der Waals surface area contributed by atoms with Gasteiger partial charge in [-0.15, -0.1) is 0 Å². The molecule has 1 unspecified atom stereocenters. The van der Waals surface area contributed by atoms with E-state index in [4.69, 9.17) is 11.6 Å². The molecule has 2 aromatic carbocycles. The molecule has 0 aliphatic carbocycles. The normalized spacial score (nSPS) is 17.8. The van der Waals surface area contributed by atoms with Crippen molar-refractivity contribution in [2.45, 2.75) is 32.0 Å². The molecule has 2 heterocycles. The van der Waals surface area contributed by atoms with E-state index < -0.39 is 35.6 Å². The summed E-state index contributed by atoms with van der Waals surface area (Å²) in [5, 5.41) is 17.2. The highest BCUT2D eigenvalue weighted by Gasteiger charge is 2.40. The summed E-state index contributed by atoms with van der Waals surface area (Å²) in [6, 6.07) is 5.44. The first-order chi connectivity index (χ1) is 15.2. The summed E-state index contributed by atoms with van der Waals surface area (Å²) in [5.41, 5.74) is 0.512. The lowest BCUT2D eigenvalue weighted by Gasteiger charge is -2.29. The number of hydrogen-bond donors (Lipinski definition) is 4. The fourth-order valence-electron chi connectivity index (χ4n) is 3.74. The Labute approximate surface area is 186 Å². The molecule has 0 spiro atoms. The minimum atomic E-state index is -0.843. The highest BCUT2D eigenvalue weighted by Crippen LogP contribution is 2.31. The Balaban J connectivity index is 1.44. The number of carbonyl (C=O) groups excluding carboxylic acids is 4. The molecule has 9 nitrogen and oxygen atoms in total. The topological polar surface area (TPSA) is 128 Å². The summed E-state index contributed by atoms with van der Waals surface area (Å²) in [4.78, 5) is 49.5. The predicted molar refractivity (Wildman–Crippen MR) is 111 cm³/mol. The van der Waals surface area contributed by atoms with Crippen molar-refractivity contribution >= 4 is 41.0 Å². The maximum atomic E-state index is 15.1. The first-order valence-electron chi connectivity index (χ1n) is 9.73. The van der Waals surface area contributed by atoms with Crippen LogP contribution in [0.15, 0.2) is 30.3 Å². The number of urea groups is 1. The largest absolute Gasteiger partial charge is 0.506 e. The molecule has 0 radical (unpaired) electrons. The van der Waals surface area contributed by atoms with Crippen LogP contribution >= 0.6 is 11.6 Å². The molecular weight excluding hydrogens is 443 g/mol. The molecule has 11 heteroatoms. The molecule has 2 aliphatic heterocycles. The maximum Gasteiger partial charge on any atom is 0.319 e. The number of nitrogens with zero attached hydrogens (tertiary/aromatic N) is 1. The van der Waals surface area contributed by atoms with Gasteiger partial charge >= 0.3 is 6.03 Å². The van der Waals surface area contributed by atoms with E-state index in [9.17, 15) is 24.3 Å². The van der Waals surface area contributed by atoms with Crippen LogP contribution in [0.1, 0.15) is 34.3 Å². The van der Waals surface area contributed by atoms with E-state index in [1.165, 1.54) is 35.2 Å². The van der Waals surface area contributed by atoms with Crippen molar-refractivity contribution < 1.29 is 28.7 Å². The van der Waals surface area contributed by atoms with Gasteiger partial charge in [-0.1, -0.05) is 17.7 Å². The van der Waals surface area contributed by atoms with Crippen molar-refractivity contribution in [3.05, 3.63) is 57.9 Å². The fraction of sp³-hybridized carbons (Fsp3) is 0.238. The van der Waals surface area contributed by atoms with Gasteiger partial charge in [0.1, 0.15) is 17.6 Å². The van der Waals surface area contributed by atoms with Crippen LogP contribution in [0.3, 0.4) is 0 Å². The molecule has 1 atom stereocenters. The minimum absolute atomic E-state index is 0.0925. The molecule has 0 saturated carbocycles. The lowest BCUT2D eigenvalue weighted by molar-refractivity contribution is -0.136. The smallest absolute Gasteiger partial charge is 0.319 e. The number of nitrogens with one attached hydrogen (secondary N) is 3. The van der Waals surface area contributed by atoms with Crippen molar-refractivity contribution in [2.75, 3.05) is 5.32 Å². The third kappa shape index (κ3) is 4.09. The van der Waals surface area contributed by atoms with Crippen LogP contribution < -0.4 is 16.0 Å². The Hall–Kier alpha value is -3.66. The summed E-state index contributed by atoms with van der Waals surface area (Å²) >= 11 is 5.84. The van der Waals surface area contributed by atoms with Crippen LogP contribution in [-0.2, 0) is 22.7 Å². The van der Waals surface area contributed by atoms with Gasteiger partial charge in [0.15, 0.2) is 0 Å². The summed E-state index contributed by atoms with van der Waals surface area (Å²) in [6.07, 6.45) is 0.280. The number of fused-ring (bicyclic) bond motifs is 1. The van der Waals surface area contributed by atoms with E-state index in [0.717, 1.165) is 0 Å². The number of piperidine rings is 1. The molecule has 1 fully saturated rings. The Morgan fingerprint density at radius 1 is 1.25 bits per heavy atom. The quantitative estimate of drug-likeness (QED) is 0.411. The monoisotopic (exact) mass is 460 g/mol. The van der Waals surface area contributed by atoms with E-state index in [1.54, 1.807) is 0 Å². The van der Waals surface area contributed by atoms with Gasteiger partial charge < -0.3 is 20.6 Å². The third-order valence-corrected chi connectivity index (χ3v) is 5.61. The van der Waals surface area contributed by atoms with Gasteiger partial charge in [0.05, 0.1) is 12.2 Å². The number of phenolic OH excluding ortho intramolecular Hbond substituents is 1. The lowest BCUT2D eigenvalue weighted by atomic mass is 10.0. The second-order valence-electron chi connectivity index (χ2n) is 7.43. The van der Waals surface area contributed by atoms with Gasteiger partial charge in [-0.2, -0.15) is 0 Å². The molecule has 2 aliphatic rings. The average Bonchev–Trinajstić information content (AvgIpc) is 3.07. The zero-order valence-corrected chi connectivity index (χ0v) is 17.3. The highest BCUT2D eigenvalue weighted by atomic mass is 35.5. The Kier molecular flexibility index (Phi) is 5.70. The molecule has 0 aromatic heterocycles. The Morgan fingerprint density at radius 3 is 2.78 bits per heavy atom. The van der Waals surface area contributed by atoms with E-state index >= 15 is 4.39 Å². The number of anilines is 1. The van der Waals surface area contributed by atoms with Crippen molar-refractivity contribution in [2.24, 2.45) is 0 Å². The van der Waals surface area contributed by atoms with Crippen LogP contribution in [0, 0.1) is 5.82 Å². The van der Waals surface area contributed by atoms with Gasteiger partial charge in [0.2, 0.25) is 11.8 Å². The number of halogens is 2. The van der Waals surface area contributed by atoms with Crippen molar-refractivity contribution in [1.82, 2.24) is 15.5 Å². The molecule has 2 aromatic rings. The first kappa shape index (κ1) is 21.6. The Bertz CT molecular complexity index is 1160. The maximum absolute atomic E-state index is 15.1. The number of imide groups is 1. The molecule has 1 saturated heterocycles. The standard InChI is InChI=1S/C21H18ClFN4O5/c22-11-2-5-16(28)14(7-11)25-21(32)24-8-10-1-3-12-13(18(10)23)9-27(20(12)31)15-4-6-17(29)26-19(15)30/h1-3,5,7,15,28H,4,6,8-9H2,(H2,24,25,32)(H,26,29,30). The third-order valence-electron chi connectivity index (χ3n) is 5.38. The van der Waals surface area contributed by atoms with E-state index in [2.05, 4.69) is 16.0 Å². The van der Waals surface area contributed by atoms with Crippen molar-refractivity contribution in [1.29, 1.82) is 0 Å². The predicted octanol–water partition coefficient (Wildman–Crippen LogP) is 2.27. The average molecular weight is 461 g/mol. The SMILES string of the molecule is O=C1CCC(N2Cc3c(ccc(CNC(=O)Nc4cc(Cl)ccc4O)c3F)C2=O)C(=O)N1. The number of aromatic hydroxyl groups is 1. The van der Waals surface area contributed by atoms with Gasteiger partial charge in [-0.25, -0.2) is 9.18 Å². The zero-order chi connectivity index (χ0) is 23.0. The van der Waals surface area contributed by atoms with Gasteiger partial charge in [-0.3, -0.25) is 19.7 Å². The minimum Gasteiger partial charge on any atom is -0.506 e. The second-order valence-corrected chi connectivity index (χ2v) is 7.87. The summed E-state index contributed by atoms with van der Waals surface area (Å²) in [6.45, 7) is -0.290. The lowest BCUT2D eigenvalue weighted by Crippen LogP contribution is -2.52. The summed E-state index contributed by atoms with van der Waals surface area (Å²) < 4.78 is 15.1. The van der Waals surface area contributed by atoms with Crippen LogP contribution in [-0.4, -0.2) is 39.8 Å². The van der Waals surface area contributed by atoms with Gasteiger partial charge in [0, 0.05) is 34.7 Å². The second kappa shape index (κ2) is 8.46. The highest BCUT2D eigenvalue weighted by molar-refractivity contribution is 6.31. The summed E-state index contributed by atoms with van der Waals surface area (Å²) in [7, 11) is 0. The van der Waals surface area contributed by atoms with E-state index in [1.807, 2.05) is 0 Å². The van der Waals surface area contributed by atoms with Crippen LogP contribution in [0.25, 0.3) is 0 Å². The zero-order valence-electron chi connectivity index (χ0n) is 16.6. The van der Waals surface area contributed by atoms with Crippen LogP contribution in [0.2, 0.25) is 5.02 Å². The molecule has 166 valence electrons. The van der Waals surface area contributed by atoms with Gasteiger partial charge in [-0.05, 0) is 30.7 Å². The molecular formula is C21H18ClFN4O5. The van der Waals surface area contributed by atoms with Crippen LogP contribution in [0.4, 0.5) is 14.9 Å². The number of benzene rings is 2. The summed E-state index contributed by atoms with van der Waals surface area (Å²) in [5.74, 6) is -2.30. The molecule has 32 heavy (non-hydrogen) atoms. The van der Waals surface area contributed by atoms with Crippen LogP contribution in [0.5, 0.6) is 5.75 Å². The van der Waals surface area contributed by atoms with E-state index in [-0.39, 0.29) is 54.1 Å². The number of amides is 5. The van der Waals surface area contributed by atoms with E-state index in [0.29, 0.717) is 5.02 Å². The molecule has 5 amide bonds. The fourth-order valence-corrected chi connectivity index (χ4v) is 3.91. The first-order valence-corrected chi connectivity index (χ1v) is 10.1. The number of carbonyl (C=O) groups is 4. The van der Waals surface area contributed by atoms with Crippen molar-refractivity contribution in [3.8, 4) is 5.75 Å². The molecule has 4 N–H and O–H groups in total. The number of phenols is 1. The molecule has 0 bridgehead atoms. The number of rotatable bonds is 4. The molecule has 4 rings (SSSR count). The number of hydrogen-bond acceptors (Lipinski definition) is 5. The van der Waals surface area contributed by atoms with Crippen molar-refractivity contribution in [3.63, 3.8) is 0 Å².